The molecule has 2 aromatic carbocycles. The minimum Gasteiger partial charge on any atom is -0.465 e. The van der Waals surface area contributed by atoms with E-state index in [0.29, 0.717) is 23.7 Å². The molecule has 0 aromatic heterocycles. The van der Waals surface area contributed by atoms with Crippen LogP contribution in [-0.2, 0) is 14.8 Å². The van der Waals surface area contributed by atoms with E-state index >= 15 is 0 Å². The van der Waals surface area contributed by atoms with Gasteiger partial charge in [0, 0.05) is 17.8 Å². The molecular formula is C20H22N2O5S. The quantitative estimate of drug-likeness (QED) is 0.694. The molecule has 0 heterocycles. The van der Waals surface area contributed by atoms with E-state index in [2.05, 4.69) is 10.0 Å². The first-order valence-corrected chi connectivity index (χ1v) is 10.4. The SMILES string of the molecule is COC(=O)c1ccc(C)c(NC(=O)c2cccc(S(=O)(=O)NCC3CC3)c2)c1. The van der Waals surface area contributed by atoms with E-state index in [0.717, 1.165) is 18.4 Å². The highest BCUT2D eigenvalue weighted by Gasteiger charge is 2.24. The van der Waals surface area contributed by atoms with Crippen molar-refractivity contribution in [2.75, 3.05) is 19.0 Å². The Kier molecular flexibility index (Phi) is 5.81. The summed E-state index contributed by atoms with van der Waals surface area (Å²) >= 11 is 0. The molecule has 1 fully saturated rings. The van der Waals surface area contributed by atoms with E-state index < -0.39 is 21.9 Å². The number of amides is 1. The van der Waals surface area contributed by atoms with Gasteiger partial charge in [-0.05, 0) is 61.6 Å². The van der Waals surface area contributed by atoms with Gasteiger partial charge in [-0.25, -0.2) is 17.9 Å². The first-order chi connectivity index (χ1) is 13.3. The average molecular weight is 402 g/mol. The maximum Gasteiger partial charge on any atom is 0.337 e. The molecule has 0 unspecified atom stereocenters. The molecule has 8 heteroatoms. The van der Waals surface area contributed by atoms with Gasteiger partial charge in [-0.2, -0.15) is 0 Å². The zero-order valence-electron chi connectivity index (χ0n) is 15.7. The van der Waals surface area contributed by atoms with Crippen LogP contribution >= 0.6 is 0 Å². The fourth-order valence-corrected chi connectivity index (χ4v) is 3.79. The Bertz CT molecular complexity index is 1010. The van der Waals surface area contributed by atoms with Crippen molar-refractivity contribution in [2.45, 2.75) is 24.7 Å². The van der Waals surface area contributed by atoms with Gasteiger partial charge in [0.25, 0.3) is 5.91 Å². The molecule has 148 valence electrons. The number of nitrogens with one attached hydrogen (secondary N) is 2. The molecular weight excluding hydrogens is 380 g/mol. The highest BCUT2D eigenvalue weighted by Crippen LogP contribution is 2.28. The summed E-state index contributed by atoms with van der Waals surface area (Å²) in [7, 11) is -2.38. The fourth-order valence-electron chi connectivity index (χ4n) is 2.63. The Balaban J connectivity index is 1.79. The Labute approximate surface area is 164 Å². The number of aryl methyl sites for hydroxylation is 1. The molecule has 0 atom stereocenters. The highest BCUT2D eigenvalue weighted by molar-refractivity contribution is 7.89. The van der Waals surface area contributed by atoms with Crippen molar-refractivity contribution in [1.29, 1.82) is 0 Å². The topological polar surface area (TPSA) is 102 Å². The van der Waals surface area contributed by atoms with Gasteiger partial charge in [-0.1, -0.05) is 12.1 Å². The molecule has 0 aliphatic heterocycles. The summed E-state index contributed by atoms with van der Waals surface area (Å²) in [5.74, 6) is -0.569. The first-order valence-electron chi connectivity index (χ1n) is 8.90. The normalized spacial score (nSPS) is 13.8. The van der Waals surface area contributed by atoms with Gasteiger partial charge in [0.05, 0.1) is 17.6 Å². The zero-order valence-corrected chi connectivity index (χ0v) is 16.5. The monoisotopic (exact) mass is 402 g/mol. The van der Waals surface area contributed by atoms with Crippen molar-refractivity contribution >= 4 is 27.6 Å². The van der Waals surface area contributed by atoms with Crippen molar-refractivity contribution < 1.29 is 22.7 Å². The van der Waals surface area contributed by atoms with Crippen LogP contribution in [0.4, 0.5) is 5.69 Å². The van der Waals surface area contributed by atoms with Crippen LogP contribution in [0.5, 0.6) is 0 Å². The molecule has 28 heavy (non-hydrogen) atoms. The Morgan fingerprint density at radius 3 is 2.54 bits per heavy atom. The lowest BCUT2D eigenvalue weighted by Crippen LogP contribution is -2.26. The lowest BCUT2D eigenvalue weighted by molar-refractivity contribution is 0.0600. The second-order valence-electron chi connectivity index (χ2n) is 6.80. The third-order valence-corrected chi connectivity index (χ3v) is 5.99. The van der Waals surface area contributed by atoms with Gasteiger partial charge in [0.15, 0.2) is 0 Å². The van der Waals surface area contributed by atoms with E-state index in [4.69, 9.17) is 4.74 Å². The number of esters is 1. The molecule has 1 amide bonds. The second-order valence-corrected chi connectivity index (χ2v) is 8.57. The number of hydrogen-bond acceptors (Lipinski definition) is 5. The lowest BCUT2D eigenvalue weighted by atomic mass is 10.1. The van der Waals surface area contributed by atoms with Gasteiger partial charge in [-0.15, -0.1) is 0 Å². The number of carbonyl (C=O) groups is 2. The van der Waals surface area contributed by atoms with Gasteiger partial charge in [-0.3, -0.25) is 4.79 Å². The van der Waals surface area contributed by atoms with Gasteiger partial charge >= 0.3 is 5.97 Å². The summed E-state index contributed by atoms with van der Waals surface area (Å²) in [6.07, 6.45) is 2.07. The van der Waals surface area contributed by atoms with Crippen LogP contribution in [0.2, 0.25) is 0 Å². The molecule has 1 aliphatic carbocycles. The third-order valence-electron chi connectivity index (χ3n) is 4.57. The maximum atomic E-state index is 12.6. The van der Waals surface area contributed by atoms with E-state index in [9.17, 15) is 18.0 Å². The molecule has 2 aromatic rings. The van der Waals surface area contributed by atoms with Crippen molar-refractivity contribution in [1.82, 2.24) is 4.72 Å². The van der Waals surface area contributed by atoms with E-state index in [-0.39, 0.29) is 10.5 Å². The second kappa shape index (κ2) is 8.12. The van der Waals surface area contributed by atoms with Gasteiger partial charge < -0.3 is 10.1 Å². The molecule has 7 nitrogen and oxygen atoms in total. The molecule has 0 spiro atoms. The number of benzene rings is 2. The summed E-state index contributed by atoms with van der Waals surface area (Å²) in [6, 6.07) is 10.7. The average Bonchev–Trinajstić information content (AvgIpc) is 3.52. The third kappa shape index (κ3) is 4.76. The first kappa shape index (κ1) is 20.0. The molecule has 1 saturated carbocycles. The fraction of sp³-hybridized carbons (Fsp3) is 0.300. The molecule has 2 N–H and O–H groups in total. The van der Waals surface area contributed by atoms with Crippen LogP contribution in [0.25, 0.3) is 0 Å². The van der Waals surface area contributed by atoms with Crippen LogP contribution in [0, 0.1) is 12.8 Å². The van der Waals surface area contributed by atoms with Crippen LogP contribution < -0.4 is 10.0 Å². The predicted molar refractivity (Wildman–Crippen MR) is 105 cm³/mol. The van der Waals surface area contributed by atoms with Crippen molar-refractivity contribution in [2.24, 2.45) is 5.92 Å². The number of carbonyl (C=O) groups excluding carboxylic acids is 2. The van der Waals surface area contributed by atoms with Crippen LogP contribution in [0.1, 0.15) is 39.1 Å². The van der Waals surface area contributed by atoms with Gasteiger partial charge in [0.2, 0.25) is 10.0 Å². The minimum absolute atomic E-state index is 0.0424. The number of anilines is 1. The Hall–Kier alpha value is -2.71. The molecule has 0 radical (unpaired) electrons. The van der Waals surface area contributed by atoms with E-state index in [1.807, 2.05) is 0 Å². The summed E-state index contributed by atoms with van der Waals surface area (Å²) in [6.45, 7) is 2.21. The summed E-state index contributed by atoms with van der Waals surface area (Å²) in [4.78, 5) is 24.4. The standard InChI is InChI=1S/C20H22N2O5S/c1-13-6-9-16(20(24)27-2)11-18(13)22-19(23)15-4-3-5-17(10-15)28(25,26)21-12-14-7-8-14/h3-6,9-11,14,21H,7-8,12H2,1-2H3,(H,22,23). The predicted octanol–water partition coefficient (Wildman–Crippen LogP) is 2.72. The summed E-state index contributed by atoms with van der Waals surface area (Å²) < 4.78 is 32.1. The van der Waals surface area contributed by atoms with Crippen LogP contribution in [0.15, 0.2) is 47.4 Å². The number of rotatable bonds is 7. The van der Waals surface area contributed by atoms with E-state index in [1.165, 1.54) is 37.4 Å². The summed E-state index contributed by atoms with van der Waals surface area (Å²) in [5, 5.41) is 2.72. The van der Waals surface area contributed by atoms with Crippen LogP contribution in [-0.4, -0.2) is 33.9 Å². The van der Waals surface area contributed by atoms with Crippen LogP contribution in [0.3, 0.4) is 0 Å². The number of hydrogen-bond donors (Lipinski definition) is 2. The van der Waals surface area contributed by atoms with Crippen molar-refractivity contribution in [3.63, 3.8) is 0 Å². The smallest absolute Gasteiger partial charge is 0.337 e. The zero-order chi connectivity index (χ0) is 20.3. The minimum atomic E-state index is -3.66. The molecule has 1 aliphatic rings. The molecule has 3 rings (SSSR count). The number of methoxy groups -OCH3 is 1. The van der Waals surface area contributed by atoms with E-state index in [1.54, 1.807) is 19.1 Å². The summed E-state index contributed by atoms with van der Waals surface area (Å²) in [5.41, 5.74) is 1.73. The number of ether oxygens (including phenoxy) is 1. The molecule has 0 saturated heterocycles. The largest absolute Gasteiger partial charge is 0.465 e. The van der Waals surface area contributed by atoms with Crippen molar-refractivity contribution in [3.05, 3.63) is 59.2 Å². The Morgan fingerprint density at radius 2 is 1.86 bits per heavy atom. The van der Waals surface area contributed by atoms with Gasteiger partial charge in [0.1, 0.15) is 0 Å². The maximum absolute atomic E-state index is 12.6. The Morgan fingerprint density at radius 1 is 1.11 bits per heavy atom. The van der Waals surface area contributed by atoms with Crippen molar-refractivity contribution in [3.8, 4) is 0 Å². The molecule has 0 bridgehead atoms. The lowest BCUT2D eigenvalue weighted by Gasteiger charge is -2.11. The number of sulfonamides is 1. The highest BCUT2D eigenvalue weighted by atomic mass is 32.2.